The predicted molar refractivity (Wildman–Crippen MR) is 63.7 cm³/mol. The molecule has 1 aliphatic heterocycles. The van der Waals surface area contributed by atoms with Crippen LogP contribution in [-0.4, -0.2) is 40.5 Å². The van der Waals surface area contributed by atoms with Crippen molar-refractivity contribution in [3.05, 3.63) is 5.28 Å². The second-order valence-corrected chi connectivity index (χ2v) is 4.07. The number of anilines is 2. The lowest BCUT2D eigenvalue weighted by atomic mass is 10.2. The number of nitrogens with zero attached hydrogens (tertiary/aromatic N) is 4. The fraction of sp³-hybridized carbons (Fsp3) is 0.556. The molecule has 0 saturated carbocycles. The molecule has 92 valence electrons. The van der Waals surface area contributed by atoms with Crippen molar-refractivity contribution in [2.24, 2.45) is 0 Å². The molecular weight excluding hydrogens is 244 g/mol. The predicted octanol–water partition coefficient (Wildman–Crippen LogP) is -0.178. The highest BCUT2D eigenvalue weighted by Gasteiger charge is 2.32. The number of halogens is 1. The van der Waals surface area contributed by atoms with Crippen LogP contribution in [0.3, 0.4) is 0 Å². The third-order valence-corrected chi connectivity index (χ3v) is 2.84. The van der Waals surface area contributed by atoms with E-state index >= 15 is 0 Å². The molecule has 1 aromatic heterocycles. The topological polar surface area (TPSA) is 97.0 Å². The van der Waals surface area contributed by atoms with Gasteiger partial charge in [0.2, 0.25) is 23.1 Å². The number of nitrogens with one attached hydrogen (secondary N) is 1. The summed E-state index contributed by atoms with van der Waals surface area (Å²) in [7, 11) is 1.60. The van der Waals surface area contributed by atoms with Crippen molar-refractivity contribution >= 4 is 29.4 Å². The summed E-state index contributed by atoms with van der Waals surface area (Å²) in [5.74, 6) is 0.355. The quantitative estimate of drug-likeness (QED) is 0.762. The molecule has 1 amide bonds. The van der Waals surface area contributed by atoms with Gasteiger partial charge in [-0.25, -0.2) is 0 Å². The van der Waals surface area contributed by atoms with Crippen LogP contribution in [0, 0.1) is 0 Å². The van der Waals surface area contributed by atoms with Crippen molar-refractivity contribution in [2.45, 2.75) is 18.9 Å². The van der Waals surface area contributed by atoms with Crippen molar-refractivity contribution in [1.29, 1.82) is 0 Å². The number of nitrogen functional groups attached to an aromatic ring is 1. The highest BCUT2D eigenvalue weighted by Crippen LogP contribution is 2.23. The maximum absolute atomic E-state index is 11.7. The van der Waals surface area contributed by atoms with E-state index in [4.69, 9.17) is 17.3 Å². The van der Waals surface area contributed by atoms with Crippen molar-refractivity contribution in [1.82, 2.24) is 20.3 Å². The smallest absolute Gasteiger partial charge is 0.242 e. The molecule has 0 aliphatic carbocycles. The number of aromatic nitrogens is 3. The van der Waals surface area contributed by atoms with Gasteiger partial charge in [-0.15, -0.1) is 0 Å². The SMILES string of the molecule is CNC(=O)C1CCCN1c1nc(N)nc(Cl)n1. The molecule has 3 N–H and O–H groups in total. The van der Waals surface area contributed by atoms with Crippen LogP contribution in [0.4, 0.5) is 11.9 Å². The summed E-state index contributed by atoms with van der Waals surface area (Å²) in [4.78, 5) is 25.2. The van der Waals surface area contributed by atoms with Crippen LogP contribution in [0.1, 0.15) is 12.8 Å². The van der Waals surface area contributed by atoms with Gasteiger partial charge in [0.15, 0.2) is 0 Å². The Kier molecular flexibility index (Phi) is 3.28. The molecule has 1 aliphatic rings. The molecule has 7 nitrogen and oxygen atoms in total. The van der Waals surface area contributed by atoms with Gasteiger partial charge in [0.1, 0.15) is 6.04 Å². The van der Waals surface area contributed by atoms with E-state index in [1.54, 1.807) is 11.9 Å². The number of carbonyl (C=O) groups is 1. The zero-order chi connectivity index (χ0) is 12.4. The highest BCUT2D eigenvalue weighted by molar-refractivity contribution is 6.28. The first-order chi connectivity index (χ1) is 8.11. The van der Waals surface area contributed by atoms with E-state index in [2.05, 4.69) is 20.3 Å². The van der Waals surface area contributed by atoms with Gasteiger partial charge in [-0.2, -0.15) is 15.0 Å². The second kappa shape index (κ2) is 4.70. The Hall–Kier alpha value is -1.63. The van der Waals surface area contributed by atoms with Gasteiger partial charge in [0, 0.05) is 13.6 Å². The van der Waals surface area contributed by atoms with Crippen molar-refractivity contribution in [2.75, 3.05) is 24.2 Å². The fourth-order valence-electron chi connectivity index (χ4n) is 1.93. The molecule has 8 heteroatoms. The molecule has 2 heterocycles. The van der Waals surface area contributed by atoms with E-state index in [0.717, 1.165) is 12.8 Å². The lowest BCUT2D eigenvalue weighted by Gasteiger charge is -2.23. The van der Waals surface area contributed by atoms with Crippen LogP contribution in [0.2, 0.25) is 5.28 Å². The van der Waals surface area contributed by atoms with Gasteiger partial charge in [0.25, 0.3) is 0 Å². The maximum atomic E-state index is 11.7. The number of hydrogen-bond donors (Lipinski definition) is 2. The molecule has 1 unspecified atom stereocenters. The number of hydrogen-bond acceptors (Lipinski definition) is 6. The third-order valence-electron chi connectivity index (χ3n) is 2.67. The Morgan fingerprint density at radius 2 is 2.29 bits per heavy atom. The third kappa shape index (κ3) is 2.38. The van der Waals surface area contributed by atoms with Crippen LogP contribution in [-0.2, 0) is 4.79 Å². The minimum Gasteiger partial charge on any atom is -0.368 e. The van der Waals surface area contributed by atoms with E-state index in [1.807, 2.05) is 0 Å². The van der Waals surface area contributed by atoms with Crippen LogP contribution < -0.4 is 16.0 Å². The largest absolute Gasteiger partial charge is 0.368 e. The van der Waals surface area contributed by atoms with E-state index in [9.17, 15) is 4.79 Å². The summed E-state index contributed by atoms with van der Waals surface area (Å²) in [6.07, 6.45) is 1.67. The minimum atomic E-state index is -0.266. The lowest BCUT2D eigenvalue weighted by molar-refractivity contribution is -0.121. The summed E-state index contributed by atoms with van der Waals surface area (Å²) in [5.41, 5.74) is 5.51. The molecule has 0 aromatic carbocycles. The Morgan fingerprint density at radius 3 is 2.94 bits per heavy atom. The van der Waals surface area contributed by atoms with Crippen molar-refractivity contribution < 1.29 is 4.79 Å². The first kappa shape index (κ1) is 11.8. The normalized spacial score (nSPS) is 19.4. The molecule has 2 rings (SSSR count). The molecule has 1 aromatic rings. The van der Waals surface area contributed by atoms with Gasteiger partial charge >= 0.3 is 0 Å². The summed E-state index contributed by atoms with van der Waals surface area (Å²) < 4.78 is 0. The molecule has 17 heavy (non-hydrogen) atoms. The summed E-state index contributed by atoms with van der Waals surface area (Å²) in [6, 6.07) is -0.266. The zero-order valence-electron chi connectivity index (χ0n) is 9.35. The molecular formula is C9H13ClN6O. The Bertz CT molecular complexity index is 419. The monoisotopic (exact) mass is 256 g/mol. The average Bonchev–Trinajstić information content (AvgIpc) is 2.75. The van der Waals surface area contributed by atoms with Crippen LogP contribution in [0.25, 0.3) is 0 Å². The van der Waals surface area contributed by atoms with E-state index in [1.165, 1.54) is 0 Å². The summed E-state index contributed by atoms with van der Waals surface area (Å²) in [5, 5.41) is 2.66. The van der Waals surface area contributed by atoms with E-state index in [-0.39, 0.29) is 23.2 Å². The Morgan fingerprint density at radius 1 is 1.53 bits per heavy atom. The second-order valence-electron chi connectivity index (χ2n) is 3.73. The number of rotatable bonds is 2. The number of carbonyl (C=O) groups excluding carboxylic acids is 1. The number of amides is 1. The maximum Gasteiger partial charge on any atom is 0.242 e. The average molecular weight is 257 g/mol. The Labute approximate surface area is 103 Å². The number of nitrogens with two attached hydrogens (primary N) is 1. The summed E-state index contributed by atoms with van der Waals surface area (Å²) >= 11 is 5.72. The first-order valence-corrected chi connectivity index (χ1v) is 5.65. The van der Waals surface area contributed by atoms with Gasteiger partial charge < -0.3 is 16.0 Å². The van der Waals surface area contributed by atoms with Gasteiger partial charge in [0.05, 0.1) is 0 Å². The van der Waals surface area contributed by atoms with Gasteiger partial charge in [-0.05, 0) is 24.4 Å². The zero-order valence-corrected chi connectivity index (χ0v) is 10.1. The highest BCUT2D eigenvalue weighted by atomic mass is 35.5. The number of likely N-dealkylation sites (N-methyl/N-ethyl adjacent to an activating group) is 1. The van der Waals surface area contributed by atoms with Crippen molar-refractivity contribution in [3.63, 3.8) is 0 Å². The fourth-order valence-corrected chi connectivity index (χ4v) is 2.09. The Balaban J connectivity index is 2.28. The van der Waals surface area contributed by atoms with Crippen LogP contribution >= 0.6 is 11.6 Å². The van der Waals surface area contributed by atoms with E-state index < -0.39 is 0 Å². The molecule has 0 radical (unpaired) electrons. The minimum absolute atomic E-state index is 0.0371. The molecule has 0 spiro atoms. The standard InChI is InChI=1S/C9H13ClN6O/c1-12-6(17)5-3-2-4-16(5)9-14-7(10)13-8(11)15-9/h5H,2-4H2,1H3,(H,12,17)(H2,11,13,14,15). The van der Waals surface area contributed by atoms with E-state index in [0.29, 0.717) is 12.5 Å². The van der Waals surface area contributed by atoms with Gasteiger partial charge in [-0.3, -0.25) is 4.79 Å². The molecule has 1 fully saturated rings. The lowest BCUT2D eigenvalue weighted by Crippen LogP contribution is -2.42. The van der Waals surface area contributed by atoms with Gasteiger partial charge in [-0.1, -0.05) is 0 Å². The molecule has 0 bridgehead atoms. The first-order valence-electron chi connectivity index (χ1n) is 5.27. The molecule has 1 atom stereocenters. The van der Waals surface area contributed by atoms with Crippen molar-refractivity contribution in [3.8, 4) is 0 Å². The summed E-state index contributed by atoms with van der Waals surface area (Å²) in [6.45, 7) is 0.706. The molecule has 1 saturated heterocycles. The van der Waals surface area contributed by atoms with Crippen LogP contribution in [0.15, 0.2) is 0 Å². The van der Waals surface area contributed by atoms with Crippen LogP contribution in [0.5, 0.6) is 0 Å².